The average Bonchev–Trinajstić information content (AvgIpc) is 2.36. The number of rotatable bonds is 4. The molecule has 1 heterocycles. The molecule has 0 aliphatic carbocycles. The third-order valence-electron chi connectivity index (χ3n) is 1.33. The van der Waals surface area contributed by atoms with Gasteiger partial charge in [-0.1, -0.05) is 0 Å². The number of hydrogen-bond acceptors (Lipinski definition) is 5. The number of aliphatic hydroxyl groups excluding tert-OH is 1. The number of anilines is 1. The molecule has 0 amide bonds. The van der Waals surface area contributed by atoms with E-state index in [-0.39, 0.29) is 17.9 Å². The fourth-order valence-electron chi connectivity index (χ4n) is 0.741. The Morgan fingerprint density at radius 3 is 3.00 bits per heavy atom. The van der Waals surface area contributed by atoms with Crippen molar-refractivity contribution in [2.45, 2.75) is 19.4 Å². The summed E-state index contributed by atoms with van der Waals surface area (Å²) in [7, 11) is 0. The molecule has 1 aromatic heterocycles. The second kappa shape index (κ2) is 4.59. The van der Waals surface area contributed by atoms with Crippen LogP contribution in [-0.2, 0) is 0 Å². The van der Waals surface area contributed by atoms with Crippen LogP contribution in [0.15, 0.2) is 0 Å². The van der Waals surface area contributed by atoms with Crippen molar-refractivity contribution < 1.29 is 5.11 Å². The number of nitrogens with zero attached hydrogens (tertiary/aromatic N) is 2. The maximum absolute atomic E-state index is 8.62. The van der Waals surface area contributed by atoms with Crippen LogP contribution in [0.25, 0.3) is 0 Å². The summed E-state index contributed by atoms with van der Waals surface area (Å²) in [5.41, 5.74) is 0. The zero-order chi connectivity index (χ0) is 8.97. The molecule has 0 aliphatic rings. The van der Waals surface area contributed by atoms with Gasteiger partial charge in [-0.15, -0.1) is 0 Å². The zero-order valence-corrected chi connectivity index (χ0v) is 8.19. The Labute approximate surface area is 79.8 Å². The molecule has 12 heavy (non-hydrogen) atoms. The molecule has 0 aromatic carbocycles. The lowest BCUT2D eigenvalue weighted by Gasteiger charge is -2.09. The first kappa shape index (κ1) is 9.70. The lowest BCUT2D eigenvalue weighted by Crippen LogP contribution is -2.16. The second-order valence-electron chi connectivity index (χ2n) is 2.43. The van der Waals surface area contributed by atoms with E-state index in [1.807, 2.05) is 6.92 Å². The molecule has 0 saturated carbocycles. The quantitative estimate of drug-likeness (QED) is 0.783. The molecular formula is C6H10ClN3OS. The van der Waals surface area contributed by atoms with Gasteiger partial charge in [0.2, 0.25) is 10.4 Å². The fraction of sp³-hybridized carbons (Fsp3) is 0.667. The highest BCUT2D eigenvalue weighted by Gasteiger charge is 2.04. The van der Waals surface area contributed by atoms with Gasteiger partial charge in [-0.3, -0.25) is 0 Å². The molecule has 0 radical (unpaired) electrons. The van der Waals surface area contributed by atoms with Gasteiger partial charge in [0.1, 0.15) is 0 Å². The first-order chi connectivity index (χ1) is 5.72. The zero-order valence-electron chi connectivity index (χ0n) is 6.62. The molecular weight excluding hydrogens is 198 g/mol. The van der Waals surface area contributed by atoms with Gasteiger partial charge in [0.15, 0.2) is 0 Å². The first-order valence-electron chi connectivity index (χ1n) is 3.59. The van der Waals surface area contributed by atoms with E-state index >= 15 is 0 Å². The molecule has 1 unspecified atom stereocenters. The minimum atomic E-state index is 0.167. The molecule has 0 bridgehead atoms. The third kappa shape index (κ3) is 2.92. The van der Waals surface area contributed by atoms with Gasteiger partial charge >= 0.3 is 0 Å². The Morgan fingerprint density at radius 1 is 1.75 bits per heavy atom. The van der Waals surface area contributed by atoms with Crippen LogP contribution in [0.3, 0.4) is 0 Å². The summed E-state index contributed by atoms with van der Waals surface area (Å²) in [6.07, 6.45) is 0.692. The van der Waals surface area contributed by atoms with Crippen molar-refractivity contribution in [3.8, 4) is 0 Å². The van der Waals surface area contributed by atoms with Crippen molar-refractivity contribution in [3.63, 3.8) is 0 Å². The largest absolute Gasteiger partial charge is 0.396 e. The number of hydrogen-bond donors (Lipinski definition) is 2. The van der Waals surface area contributed by atoms with E-state index in [0.29, 0.717) is 11.6 Å². The van der Waals surface area contributed by atoms with E-state index in [0.717, 1.165) is 0 Å². The highest BCUT2D eigenvalue weighted by molar-refractivity contribution is 7.09. The molecule has 1 rings (SSSR count). The summed E-state index contributed by atoms with van der Waals surface area (Å²) in [6, 6.07) is 0.194. The predicted octanol–water partition coefficient (Wildman–Crippen LogP) is 1.37. The van der Waals surface area contributed by atoms with E-state index in [9.17, 15) is 0 Å². The average molecular weight is 208 g/mol. The van der Waals surface area contributed by atoms with Crippen LogP contribution < -0.4 is 5.32 Å². The SMILES string of the molecule is CC(CCO)Nc1nc(Cl)ns1. The molecule has 4 nitrogen and oxygen atoms in total. The Morgan fingerprint density at radius 2 is 2.50 bits per heavy atom. The topological polar surface area (TPSA) is 58.0 Å². The van der Waals surface area contributed by atoms with Gasteiger partial charge in [-0.25, -0.2) is 0 Å². The summed E-state index contributed by atoms with van der Waals surface area (Å²) in [5, 5.41) is 12.6. The highest BCUT2D eigenvalue weighted by Crippen LogP contribution is 2.15. The van der Waals surface area contributed by atoms with Crippen LogP contribution in [-0.4, -0.2) is 27.1 Å². The summed E-state index contributed by atoms with van der Waals surface area (Å²) in [6.45, 7) is 2.13. The molecule has 6 heteroatoms. The predicted molar refractivity (Wildman–Crippen MR) is 49.7 cm³/mol. The number of nitrogens with one attached hydrogen (secondary N) is 1. The summed E-state index contributed by atoms with van der Waals surface area (Å²) < 4.78 is 3.80. The maximum Gasteiger partial charge on any atom is 0.236 e. The van der Waals surface area contributed by atoms with Gasteiger partial charge < -0.3 is 10.4 Å². The molecule has 68 valence electrons. The van der Waals surface area contributed by atoms with Gasteiger partial charge in [0.25, 0.3) is 0 Å². The van der Waals surface area contributed by atoms with Crippen LogP contribution in [0.1, 0.15) is 13.3 Å². The van der Waals surface area contributed by atoms with Crippen molar-refractivity contribution >= 4 is 28.3 Å². The molecule has 1 atom stereocenters. The van der Waals surface area contributed by atoms with Crippen molar-refractivity contribution in [3.05, 3.63) is 5.28 Å². The summed E-state index contributed by atoms with van der Waals surface area (Å²) >= 11 is 6.74. The van der Waals surface area contributed by atoms with E-state index in [1.165, 1.54) is 11.5 Å². The van der Waals surface area contributed by atoms with Crippen molar-refractivity contribution in [2.24, 2.45) is 0 Å². The van der Waals surface area contributed by atoms with Crippen molar-refractivity contribution in [1.29, 1.82) is 0 Å². The number of halogens is 1. The number of aromatic nitrogens is 2. The van der Waals surface area contributed by atoms with Crippen molar-refractivity contribution in [2.75, 3.05) is 11.9 Å². The number of aliphatic hydroxyl groups is 1. The first-order valence-corrected chi connectivity index (χ1v) is 4.74. The van der Waals surface area contributed by atoms with Crippen LogP contribution in [0.2, 0.25) is 5.28 Å². The Hall–Kier alpha value is -0.390. The normalized spacial score (nSPS) is 12.9. The Bertz CT molecular complexity index is 242. The Balaban J connectivity index is 2.41. The van der Waals surface area contributed by atoms with Crippen LogP contribution in [0, 0.1) is 0 Å². The third-order valence-corrected chi connectivity index (χ3v) is 2.25. The molecule has 0 aliphatic heterocycles. The maximum atomic E-state index is 8.62. The van der Waals surface area contributed by atoms with Crippen LogP contribution in [0.4, 0.5) is 5.13 Å². The Kier molecular flexibility index (Phi) is 3.71. The molecule has 1 aromatic rings. The van der Waals surface area contributed by atoms with Gasteiger partial charge in [0, 0.05) is 24.2 Å². The standard InChI is InChI=1S/C6H10ClN3OS/c1-4(2-3-11)8-6-9-5(7)10-12-6/h4,11H,2-3H2,1H3,(H,8,9,10). The molecule has 0 fully saturated rings. The molecule has 0 spiro atoms. The van der Waals surface area contributed by atoms with E-state index in [4.69, 9.17) is 16.7 Å². The van der Waals surface area contributed by atoms with E-state index in [2.05, 4.69) is 14.7 Å². The van der Waals surface area contributed by atoms with Gasteiger partial charge in [-0.2, -0.15) is 9.36 Å². The van der Waals surface area contributed by atoms with E-state index < -0.39 is 0 Å². The van der Waals surface area contributed by atoms with Gasteiger partial charge in [-0.05, 0) is 24.9 Å². The lowest BCUT2D eigenvalue weighted by molar-refractivity contribution is 0.282. The smallest absolute Gasteiger partial charge is 0.236 e. The van der Waals surface area contributed by atoms with E-state index in [1.54, 1.807) is 0 Å². The summed E-state index contributed by atoms with van der Waals surface area (Å²) in [5.74, 6) is 0. The van der Waals surface area contributed by atoms with Crippen LogP contribution >= 0.6 is 23.1 Å². The van der Waals surface area contributed by atoms with Crippen molar-refractivity contribution in [1.82, 2.24) is 9.36 Å². The minimum absolute atomic E-state index is 0.167. The summed E-state index contributed by atoms with van der Waals surface area (Å²) in [4.78, 5) is 3.91. The molecule has 2 N–H and O–H groups in total. The minimum Gasteiger partial charge on any atom is -0.396 e. The second-order valence-corrected chi connectivity index (χ2v) is 3.52. The van der Waals surface area contributed by atoms with Gasteiger partial charge in [0.05, 0.1) is 0 Å². The highest BCUT2D eigenvalue weighted by atomic mass is 35.5. The van der Waals surface area contributed by atoms with Crippen LogP contribution in [0.5, 0.6) is 0 Å². The molecule has 0 saturated heterocycles. The monoisotopic (exact) mass is 207 g/mol. The lowest BCUT2D eigenvalue weighted by atomic mass is 10.2. The fourth-order valence-corrected chi connectivity index (χ4v) is 1.56.